The van der Waals surface area contributed by atoms with Crippen LogP contribution >= 0.6 is 0 Å². The van der Waals surface area contributed by atoms with Crippen molar-refractivity contribution < 1.29 is 44.3 Å². The first kappa shape index (κ1) is 27.1. The number of alkyl halides is 4. The lowest BCUT2D eigenvalue weighted by Crippen LogP contribution is -2.49. The number of hydrogen-bond donors (Lipinski definition) is 0. The Morgan fingerprint density at radius 3 is 2.19 bits per heavy atom. The second-order valence-electron chi connectivity index (χ2n) is 7.96. The van der Waals surface area contributed by atoms with Crippen LogP contribution < -0.4 is 9.64 Å². The summed E-state index contributed by atoms with van der Waals surface area (Å²) in [5.74, 6) is -7.84. The molecule has 0 aliphatic carbocycles. The smallest absolute Gasteiger partial charge is 0.340 e. The molecule has 0 aromatic heterocycles. The van der Waals surface area contributed by atoms with E-state index >= 15 is 0 Å². The molecule has 1 saturated heterocycles. The molecule has 0 saturated carbocycles. The average Bonchev–Trinajstić information content (AvgIpc) is 2.81. The number of halogens is 6. The van der Waals surface area contributed by atoms with Crippen LogP contribution in [0.1, 0.15) is 15.9 Å². The zero-order valence-electron chi connectivity index (χ0n) is 18.7. The topological polar surface area (TPSA) is 90.7 Å². The number of benzene rings is 2. The monoisotopic (exact) mass is 535 g/mol. The maximum absolute atomic E-state index is 14.3. The molecule has 1 heterocycles. The van der Waals surface area contributed by atoms with E-state index in [1.165, 1.54) is 9.80 Å². The largest absolute Gasteiger partial charge is 0.486 e. The molecule has 0 atom stereocenters. The number of anilines is 1. The quantitative estimate of drug-likeness (QED) is 0.505. The van der Waals surface area contributed by atoms with Gasteiger partial charge in [0.15, 0.2) is 28.1 Å². The third-order valence-corrected chi connectivity index (χ3v) is 6.49. The SMILES string of the molecule is CS(=O)(=O)c1ccc(OCC(F)(F)C(F)F)c(C(=O)N2CCN(c3c(F)cc(C#N)cc3F)CC2)c1. The number of nitrogens with zero attached hydrogens (tertiary/aromatic N) is 3. The van der Waals surface area contributed by atoms with Gasteiger partial charge in [-0.25, -0.2) is 26.0 Å². The number of rotatable bonds is 7. The van der Waals surface area contributed by atoms with Crippen LogP contribution in [0.15, 0.2) is 35.2 Å². The molecule has 14 heteroatoms. The molecule has 2 aromatic carbocycles. The van der Waals surface area contributed by atoms with Gasteiger partial charge >= 0.3 is 12.3 Å². The second kappa shape index (κ2) is 10.3. The van der Waals surface area contributed by atoms with E-state index in [1.807, 2.05) is 0 Å². The molecule has 0 spiro atoms. The molecule has 0 unspecified atom stereocenters. The Labute approximate surface area is 202 Å². The average molecular weight is 535 g/mol. The maximum atomic E-state index is 14.3. The van der Waals surface area contributed by atoms with Crippen molar-refractivity contribution in [1.29, 1.82) is 5.26 Å². The molecule has 2 aromatic rings. The fourth-order valence-corrected chi connectivity index (χ4v) is 4.15. The lowest BCUT2D eigenvalue weighted by Gasteiger charge is -2.36. The van der Waals surface area contributed by atoms with Crippen molar-refractivity contribution in [3.63, 3.8) is 0 Å². The molecule has 1 amide bonds. The summed E-state index contributed by atoms with van der Waals surface area (Å²) in [6.45, 7) is -2.08. The van der Waals surface area contributed by atoms with Crippen LogP contribution in [-0.4, -0.2) is 70.6 Å². The van der Waals surface area contributed by atoms with Gasteiger partial charge in [0.1, 0.15) is 11.4 Å². The van der Waals surface area contributed by atoms with Gasteiger partial charge in [0.25, 0.3) is 5.91 Å². The molecule has 0 radical (unpaired) electrons. The summed E-state index contributed by atoms with van der Waals surface area (Å²) >= 11 is 0. The molecule has 1 fully saturated rings. The minimum Gasteiger partial charge on any atom is -0.486 e. The normalized spacial score (nSPS) is 14.6. The Balaban J connectivity index is 1.84. The van der Waals surface area contributed by atoms with E-state index in [4.69, 9.17) is 10.00 Å². The predicted octanol–water partition coefficient (Wildman–Crippen LogP) is 3.48. The molecular weight excluding hydrogens is 516 g/mol. The third-order valence-electron chi connectivity index (χ3n) is 5.38. The first-order valence-electron chi connectivity index (χ1n) is 10.3. The van der Waals surface area contributed by atoms with Crippen LogP contribution in [0.5, 0.6) is 5.75 Å². The lowest BCUT2D eigenvalue weighted by molar-refractivity contribution is -0.148. The first-order chi connectivity index (χ1) is 16.7. The van der Waals surface area contributed by atoms with Crippen molar-refractivity contribution in [2.24, 2.45) is 0 Å². The number of carbonyl (C=O) groups is 1. The third kappa shape index (κ3) is 5.84. The Kier molecular flexibility index (Phi) is 7.73. The van der Waals surface area contributed by atoms with E-state index < -0.39 is 63.3 Å². The van der Waals surface area contributed by atoms with Crippen molar-refractivity contribution in [2.45, 2.75) is 17.2 Å². The summed E-state index contributed by atoms with van der Waals surface area (Å²) < 4.78 is 109. The van der Waals surface area contributed by atoms with Crippen LogP contribution in [0.4, 0.5) is 32.0 Å². The summed E-state index contributed by atoms with van der Waals surface area (Å²) in [6, 6.07) is 6.15. The summed E-state index contributed by atoms with van der Waals surface area (Å²) in [5, 5.41) is 8.83. The van der Waals surface area contributed by atoms with E-state index in [1.54, 1.807) is 6.07 Å². The van der Waals surface area contributed by atoms with Crippen molar-refractivity contribution in [3.8, 4) is 11.8 Å². The highest BCUT2D eigenvalue weighted by atomic mass is 32.2. The number of ether oxygens (including phenoxy) is 1. The molecular formula is C22H19F6N3O4S. The highest BCUT2D eigenvalue weighted by Gasteiger charge is 2.42. The van der Waals surface area contributed by atoms with Gasteiger partial charge in [-0.2, -0.15) is 14.0 Å². The summed E-state index contributed by atoms with van der Waals surface area (Å²) in [7, 11) is -3.83. The lowest BCUT2D eigenvalue weighted by atomic mass is 10.1. The number of nitriles is 1. The van der Waals surface area contributed by atoms with Crippen LogP contribution in [0.2, 0.25) is 0 Å². The van der Waals surface area contributed by atoms with Gasteiger partial charge in [0, 0.05) is 32.4 Å². The first-order valence-corrected chi connectivity index (χ1v) is 12.2. The van der Waals surface area contributed by atoms with Gasteiger partial charge in [-0.1, -0.05) is 0 Å². The fourth-order valence-electron chi connectivity index (χ4n) is 3.51. The minimum absolute atomic E-state index is 0.0586. The van der Waals surface area contributed by atoms with Crippen LogP contribution in [0.25, 0.3) is 0 Å². The van der Waals surface area contributed by atoms with Gasteiger partial charge in [-0.3, -0.25) is 4.79 Å². The van der Waals surface area contributed by atoms with Gasteiger partial charge in [0.05, 0.1) is 22.1 Å². The Bertz CT molecular complexity index is 1280. The van der Waals surface area contributed by atoms with Crippen molar-refractivity contribution in [3.05, 3.63) is 53.1 Å². The van der Waals surface area contributed by atoms with Crippen LogP contribution in [-0.2, 0) is 9.84 Å². The number of hydrogen-bond acceptors (Lipinski definition) is 6. The summed E-state index contributed by atoms with van der Waals surface area (Å²) in [5.41, 5.74) is -1.05. The van der Waals surface area contributed by atoms with Crippen LogP contribution in [0.3, 0.4) is 0 Å². The standard InChI is InChI=1S/C22H19F6N3O4S/c1-36(33,34)14-2-3-18(35-12-22(27,28)21(25)26)15(10-14)20(32)31-6-4-30(5-7-31)19-16(23)8-13(11-29)9-17(19)24/h2-3,8-10,21H,4-7,12H2,1H3. The van der Waals surface area contributed by atoms with E-state index in [0.717, 1.165) is 36.6 Å². The maximum Gasteiger partial charge on any atom is 0.340 e. The van der Waals surface area contributed by atoms with Crippen molar-refractivity contribution >= 4 is 21.4 Å². The molecule has 0 N–H and O–H groups in total. The summed E-state index contributed by atoms with van der Waals surface area (Å²) in [6.07, 6.45) is -3.18. The predicted molar refractivity (Wildman–Crippen MR) is 115 cm³/mol. The van der Waals surface area contributed by atoms with Crippen molar-refractivity contribution in [2.75, 3.05) is 43.9 Å². The molecule has 7 nitrogen and oxygen atoms in total. The fraction of sp³-hybridized carbons (Fsp3) is 0.364. The van der Waals surface area contributed by atoms with Gasteiger partial charge in [-0.15, -0.1) is 0 Å². The van der Waals surface area contributed by atoms with E-state index in [2.05, 4.69) is 0 Å². The highest BCUT2D eigenvalue weighted by Crippen LogP contribution is 2.30. The van der Waals surface area contributed by atoms with E-state index in [0.29, 0.717) is 0 Å². The number of amides is 1. The second-order valence-corrected chi connectivity index (χ2v) is 9.98. The number of sulfone groups is 1. The zero-order chi connectivity index (χ0) is 26.8. The molecule has 1 aliphatic heterocycles. The van der Waals surface area contributed by atoms with Gasteiger partial charge < -0.3 is 14.5 Å². The molecule has 1 aliphatic rings. The number of carbonyl (C=O) groups excluding carboxylic acids is 1. The van der Waals surface area contributed by atoms with Crippen molar-refractivity contribution in [1.82, 2.24) is 4.90 Å². The Morgan fingerprint density at radius 2 is 1.69 bits per heavy atom. The zero-order valence-corrected chi connectivity index (χ0v) is 19.5. The Hall–Kier alpha value is -3.47. The van der Waals surface area contributed by atoms with Gasteiger partial charge in [-0.05, 0) is 30.3 Å². The Morgan fingerprint density at radius 1 is 1.11 bits per heavy atom. The molecule has 3 rings (SSSR count). The highest BCUT2D eigenvalue weighted by molar-refractivity contribution is 7.90. The van der Waals surface area contributed by atoms with Gasteiger partial charge in [0.2, 0.25) is 0 Å². The molecule has 0 bridgehead atoms. The minimum atomic E-state index is -4.52. The molecule has 194 valence electrons. The number of piperazine rings is 1. The summed E-state index contributed by atoms with van der Waals surface area (Å²) in [4.78, 5) is 15.3. The molecule has 36 heavy (non-hydrogen) atoms. The van der Waals surface area contributed by atoms with Crippen LogP contribution in [0, 0.1) is 23.0 Å². The van der Waals surface area contributed by atoms with E-state index in [9.17, 15) is 39.6 Å². The van der Waals surface area contributed by atoms with E-state index in [-0.39, 0.29) is 36.6 Å².